The summed E-state index contributed by atoms with van der Waals surface area (Å²) in [5, 5.41) is 3.31. The second-order valence-corrected chi connectivity index (χ2v) is 4.86. The van der Waals surface area contributed by atoms with E-state index in [2.05, 4.69) is 31.3 Å². The van der Waals surface area contributed by atoms with Gasteiger partial charge in [0.2, 0.25) is 0 Å². The van der Waals surface area contributed by atoms with Gasteiger partial charge in [-0.3, -0.25) is 0 Å². The van der Waals surface area contributed by atoms with E-state index in [0.717, 1.165) is 18.0 Å². The third-order valence-electron chi connectivity index (χ3n) is 3.88. The minimum absolute atomic E-state index is 0.514. The molecule has 1 rings (SSSR count). The van der Waals surface area contributed by atoms with Gasteiger partial charge in [0.15, 0.2) is 11.5 Å². The first-order valence-corrected chi connectivity index (χ1v) is 7.08. The molecule has 0 saturated carbocycles. The predicted octanol–water partition coefficient (Wildman–Crippen LogP) is 3.44. The zero-order chi connectivity index (χ0) is 14.3. The third-order valence-corrected chi connectivity index (χ3v) is 3.88. The molecule has 0 fully saturated rings. The molecule has 0 bridgehead atoms. The number of likely N-dealkylation sites (N-methyl/N-ethyl adjacent to an activating group) is 1. The SMILES string of the molecule is CCC(CC)C(CNC)c1ccc(OC)c(OC)c1. The quantitative estimate of drug-likeness (QED) is 0.781. The first-order valence-electron chi connectivity index (χ1n) is 7.08. The maximum absolute atomic E-state index is 5.41. The average molecular weight is 265 g/mol. The van der Waals surface area contributed by atoms with E-state index >= 15 is 0 Å². The Morgan fingerprint density at radius 2 is 1.68 bits per heavy atom. The molecule has 3 nitrogen and oxygen atoms in total. The molecule has 0 aromatic heterocycles. The largest absolute Gasteiger partial charge is 0.493 e. The van der Waals surface area contributed by atoms with Crippen LogP contribution in [-0.2, 0) is 0 Å². The average Bonchev–Trinajstić information content (AvgIpc) is 2.46. The molecular formula is C16H27NO2. The highest BCUT2D eigenvalue weighted by molar-refractivity contribution is 5.44. The van der Waals surface area contributed by atoms with Gasteiger partial charge in [-0.2, -0.15) is 0 Å². The van der Waals surface area contributed by atoms with E-state index in [1.165, 1.54) is 18.4 Å². The number of methoxy groups -OCH3 is 2. The van der Waals surface area contributed by atoms with Crippen molar-refractivity contribution in [2.24, 2.45) is 5.92 Å². The molecule has 0 radical (unpaired) electrons. The second kappa shape index (κ2) is 8.05. The van der Waals surface area contributed by atoms with Crippen molar-refractivity contribution < 1.29 is 9.47 Å². The predicted molar refractivity (Wildman–Crippen MR) is 80.3 cm³/mol. The Kier molecular flexibility index (Phi) is 6.71. The standard InChI is InChI=1S/C16H27NO2/c1-6-12(7-2)14(11-17-3)13-8-9-15(18-4)16(10-13)19-5/h8-10,12,14,17H,6-7,11H2,1-5H3. The molecule has 1 aromatic carbocycles. The molecule has 1 unspecified atom stereocenters. The van der Waals surface area contributed by atoms with Crippen LogP contribution in [0.1, 0.15) is 38.2 Å². The molecule has 1 atom stereocenters. The minimum Gasteiger partial charge on any atom is -0.493 e. The third kappa shape index (κ3) is 3.87. The molecule has 0 aliphatic heterocycles. The van der Waals surface area contributed by atoms with Crippen LogP contribution in [0.25, 0.3) is 0 Å². The van der Waals surface area contributed by atoms with E-state index in [1.807, 2.05) is 13.1 Å². The van der Waals surface area contributed by atoms with E-state index in [4.69, 9.17) is 9.47 Å². The Morgan fingerprint density at radius 1 is 1.05 bits per heavy atom. The molecule has 1 aromatic rings. The fraction of sp³-hybridized carbons (Fsp3) is 0.625. The van der Waals surface area contributed by atoms with Crippen LogP contribution in [0.2, 0.25) is 0 Å². The van der Waals surface area contributed by atoms with Crippen LogP contribution in [0.4, 0.5) is 0 Å². The molecule has 0 spiro atoms. The Morgan fingerprint density at radius 3 is 2.16 bits per heavy atom. The summed E-state index contributed by atoms with van der Waals surface area (Å²) in [5.74, 6) is 2.80. The number of ether oxygens (including phenoxy) is 2. The van der Waals surface area contributed by atoms with Crippen LogP contribution in [0.15, 0.2) is 18.2 Å². The molecule has 0 amide bonds. The minimum atomic E-state index is 0.514. The first-order chi connectivity index (χ1) is 9.21. The Balaban J connectivity index is 3.08. The molecule has 0 heterocycles. The molecule has 0 aliphatic rings. The van der Waals surface area contributed by atoms with Crippen molar-refractivity contribution in [3.05, 3.63) is 23.8 Å². The summed E-state index contributed by atoms with van der Waals surface area (Å²) in [4.78, 5) is 0. The van der Waals surface area contributed by atoms with Crippen molar-refractivity contribution in [1.29, 1.82) is 0 Å². The number of nitrogens with one attached hydrogen (secondary N) is 1. The van der Waals surface area contributed by atoms with Crippen LogP contribution < -0.4 is 14.8 Å². The molecule has 0 aliphatic carbocycles. The van der Waals surface area contributed by atoms with Crippen LogP contribution in [0, 0.1) is 5.92 Å². The summed E-state index contributed by atoms with van der Waals surface area (Å²) in [6.07, 6.45) is 2.38. The lowest BCUT2D eigenvalue weighted by molar-refractivity contribution is 0.350. The fourth-order valence-electron chi connectivity index (χ4n) is 2.72. The summed E-state index contributed by atoms with van der Waals surface area (Å²) < 4.78 is 10.7. The number of hydrogen-bond donors (Lipinski definition) is 1. The summed E-state index contributed by atoms with van der Waals surface area (Å²) in [6.45, 7) is 5.51. The highest BCUT2D eigenvalue weighted by atomic mass is 16.5. The smallest absolute Gasteiger partial charge is 0.160 e. The van der Waals surface area contributed by atoms with Gasteiger partial charge in [-0.1, -0.05) is 32.8 Å². The lowest BCUT2D eigenvalue weighted by atomic mass is 9.82. The highest BCUT2D eigenvalue weighted by Gasteiger charge is 2.21. The lowest BCUT2D eigenvalue weighted by Gasteiger charge is -2.26. The zero-order valence-corrected chi connectivity index (χ0v) is 12.8. The van der Waals surface area contributed by atoms with Gasteiger partial charge >= 0.3 is 0 Å². The molecule has 3 heteroatoms. The van der Waals surface area contributed by atoms with Crippen molar-refractivity contribution in [2.75, 3.05) is 27.8 Å². The van der Waals surface area contributed by atoms with Gasteiger partial charge in [-0.05, 0) is 36.6 Å². The van der Waals surface area contributed by atoms with Crippen molar-refractivity contribution >= 4 is 0 Å². The second-order valence-electron chi connectivity index (χ2n) is 4.86. The summed E-state index contributed by atoms with van der Waals surface area (Å²) >= 11 is 0. The fourth-order valence-corrected chi connectivity index (χ4v) is 2.72. The van der Waals surface area contributed by atoms with Crippen molar-refractivity contribution in [3.8, 4) is 11.5 Å². The summed E-state index contributed by atoms with van der Waals surface area (Å²) in [6, 6.07) is 6.26. The Hall–Kier alpha value is -1.22. The van der Waals surface area contributed by atoms with Gasteiger partial charge in [0.25, 0.3) is 0 Å². The number of rotatable bonds is 8. The van der Waals surface area contributed by atoms with Gasteiger partial charge in [0.05, 0.1) is 14.2 Å². The topological polar surface area (TPSA) is 30.5 Å². The van der Waals surface area contributed by atoms with Gasteiger partial charge in [-0.25, -0.2) is 0 Å². The Bertz CT molecular complexity index is 375. The molecule has 19 heavy (non-hydrogen) atoms. The summed E-state index contributed by atoms with van der Waals surface area (Å²) in [5.41, 5.74) is 1.32. The number of benzene rings is 1. The van der Waals surface area contributed by atoms with E-state index in [-0.39, 0.29) is 0 Å². The van der Waals surface area contributed by atoms with Crippen molar-refractivity contribution in [1.82, 2.24) is 5.32 Å². The van der Waals surface area contributed by atoms with Gasteiger partial charge in [-0.15, -0.1) is 0 Å². The van der Waals surface area contributed by atoms with Gasteiger partial charge < -0.3 is 14.8 Å². The Labute approximate surface area is 117 Å². The lowest BCUT2D eigenvalue weighted by Crippen LogP contribution is -2.23. The van der Waals surface area contributed by atoms with Crippen molar-refractivity contribution in [3.63, 3.8) is 0 Å². The molecule has 108 valence electrons. The first kappa shape index (κ1) is 15.8. The summed E-state index contributed by atoms with van der Waals surface area (Å²) in [7, 11) is 5.37. The van der Waals surface area contributed by atoms with E-state index < -0.39 is 0 Å². The molecular weight excluding hydrogens is 238 g/mol. The molecule has 1 N–H and O–H groups in total. The highest BCUT2D eigenvalue weighted by Crippen LogP contribution is 2.35. The van der Waals surface area contributed by atoms with E-state index in [0.29, 0.717) is 11.8 Å². The normalized spacial score (nSPS) is 12.5. The number of hydrogen-bond acceptors (Lipinski definition) is 3. The van der Waals surface area contributed by atoms with E-state index in [1.54, 1.807) is 14.2 Å². The van der Waals surface area contributed by atoms with E-state index in [9.17, 15) is 0 Å². The van der Waals surface area contributed by atoms with Crippen LogP contribution >= 0.6 is 0 Å². The van der Waals surface area contributed by atoms with Crippen LogP contribution in [0.5, 0.6) is 11.5 Å². The monoisotopic (exact) mass is 265 g/mol. The van der Waals surface area contributed by atoms with Crippen LogP contribution in [0.3, 0.4) is 0 Å². The zero-order valence-electron chi connectivity index (χ0n) is 12.8. The van der Waals surface area contributed by atoms with Gasteiger partial charge in [0.1, 0.15) is 0 Å². The maximum Gasteiger partial charge on any atom is 0.160 e. The van der Waals surface area contributed by atoms with Crippen LogP contribution in [-0.4, -0.2) is 27.8 Å². The molecule has 0 saturated heterocycles. The van der Waals surface area contributed by atoms with Crippen molar-refractivity contribution in [2.45, 2.75) is 32.6 Å². The van der Waals surface area contributed by atoms with Gasteiger partial charge in [0, 0.05) is 6.54 Å². The maximum atomic E-state index is 5.41.